The van der Waals surface area contributed by atoms with Crippen molar-refractivity contribution in [3.63, 3.8) is 0 Å². The second-order valence-electron chi connectivity index (χ2n) is 5.65. The number of rotatable bonds is 14. The molecule has 0 aliphatic heterocycles. The van der Waals surface area contributed by atoms with Crippen LogP contribution in [0.15, 0.2) is 0 Å². The maximum atomic E-state index is 11.9. The number of nitrogens with one attached hydrogen (secondary N) is 2. The minimum Gasteiger partial charge on any atom is -0.381 e. The first-order valence-electron chi connectivity index (χ1n) is 7.89. The van der Waals surface area contributed by atoms with E-state index in [1.807, 2.05) is 0 Å². The first kappa shape index (κ1) is 20.8. The highest BCUT2D eigenvalue weighted by molar-refractivity contribution is 7.87. The zero-order chi connectivity index (χ0) is 16.1. The molecule has 2 N–H and O–H groups in total. The summed E-state index contributed by atoms with van der Waals surface area (Å²) >= 11 is 0. The summed E-state index contributed by atoms with van der Waals surface area (Å²) in [6, 6.07) is 0. The van der Waals surface area contributed by atoms with Gasteiger partial charge in [0.2, 0.25) is 0 Å². The van der Waals surface area contributed by atoms with Gasteiger partial charge in [-0.2, -0.15) is 12.7 Å². The van der Waals surface area contributed by atoms with Gasteiger partial charge in [-0.3, -0.25) is 0 Å². The van der Waals surface area contributed by atoms with E-state index in [-0.39, 0.29) is 0 Å². The fourth-order valence-electron chi connectivity index (χ4n) is 1.65. The van der Waals surface area contributed by atoms with E-state index in [1.165, 1.54) is 4.31 Å². The monoisotopic (exact) mass is 323 g/mol. The molecule has 0 atom stereocenters. The standard InChI is InChI=1S/C14H33N3O3S/c1-5-8-15-9-6-11-17(4)21(18,19)16-10-7-12-20-13-14(2)3/h14-16H,5-13H2,1-4H3. The summed E-state index contributed by atoms with van der Waals surface area (Å²) in [6.45, 7) is 10.4. The molecule has 0 fully saturated rings. The fraction of sp³-hybridized carbons (Fsp3) is 1.00. The van der Waals surface area contributed by atoms with Gasteiger partial charge < -0.3 is 10.1 Å². The summed E-state index contributed by atoms with van der Waals surface area (Å²) < 4.78 is 33.3. The molecule has 0 saturated heterocycles. The van der Waals surface area contributed by atoms with Crippen LogP contribution in [0.25, 0.3) is 0 Å². The van der Waals surface area contributed by atoms with E-state index in [0.29, 0.717) is 32.0 Å². The molecule has 0 heterocycles. The second-order valence-corrected chi connectivity index (χ2v) is 7.51. The van der Waals surface area contributed by atoms with Gasteiger partial charge in [-0.25, -0.2) is 4.72 Å². The van der Waals surface area contributed by atoms with Crippen LogP contribution in [-0.2, 0) is 14.9 Å². The molecule has 0 rings (SSSR count). The van der Waals surface area contributed by atoms with Crippen molar-refractivity contribution in [2.75, 3.05) is 46.4 Å². The van der Waals surface area contributed by atoms with Gasteiger partial charge >= 0.3 is 0 Å². The van der Waals surface area contributed by atoms with Gasteiger partial charge in [-0.1, -0.05) is 20.8 Å². The number of hydrogen-bond donors (Lipinski definition) is 2. The van der Waals surface area contributed by atoms with Gasteiger partial charge in [0.1, 0.15) is 0 Å². The van der Waals surface area contributed by atoms with Crippen molar-refractivity contribution in [1.29, 1.82) is 0 Å². The molecule has 0 spiro atoms. The van der Waals surface area contributed by atoms with E-state index in [0.717, 1.165) is 32.5 Å². The largest absolute Gasteiger partial charge is 0.381 e. The van der Waals surface area contributed by atoms with Crippen LogP contribution >= 0.6 is 0 Å². The van der Waals surface area contributed by atoms with Crippen LogP contribution in [0.3, 0.4) is 0 Å². The van der Waals surface area contributed by atoms with Crippen molar-refractivity contribution in [1.82, 2.24) is 14.3 Å². The third-order valence-corrected chi connectivity index (χ3v) is 4.44. The van der Waals surface area contributed by atoms with Crippen molar-refractivity contribution in [2.24, 2.45) is 5.92 Å². The SMILES string of the molecule is CCCNCCCN(C)S(=O)(=O)NCCCOCC(C)C. The van der Waals surface area contributed by atoms with Crippen LogP contribution in [0, 0.1) is 5.92 Å². The number of nitrogens with zero attached hydrogens (tertiary/aromatic N) is 1. The highest BCUT2D eigenvalue weighted by Gasteiger charge is 2.15. The van der Waals surface area contributed by atoms with E-state index in [2.05, 4.69) is 30.8 Å². The molecule has 0 aromatic carbocycles. The van der Waals surface area contributed by atoms with Crippen LogP contribution in [0.4, 0.5) is 0 Å². The van der Waals surface area contributed by atoms with Crippen LogP contribution in [0.1, 0.15) is 40.0 Å². The predicted molar refractivity (Wildman–Crippen MR) is 87.6 cm³/mol. The van der Waals surface area contributed by atoms with Crippen LogP contribution in [0.5, 0.6) is 0 Å². The summed E-state index contributed by atoms with van der Waals surface area (Å²) in [7, 11) is -1.75. The molecule has 0 aliphatic carbocycles. The van der Waals surface area contributed by atoms with Gasteiger partial charge in [-0.05, 0) is 38.3 Å². The molecule has 0 aromatic heterocycles. The van der Waals surface area contributed by atoms with Gasteiger partial charge in [0.25, 0.3) is 10.2 Å². The third-order valence-electron chi connectivity index (χ3n) is 2.86. The highest BCUT2D eigenvalue weighted by atomic mass is 32.2. The Morgan fingerprint density at radius 2 is 1.86 bits per heavy atom. The molecule has 6 nitrogen and oxygen atoms in total. The molecule has 0 aliphatic rings. The average molecular weight is 324 g/mol. The minimum atomic E-state index is -3.36. The van der Waals surface area contributed by atoms with Crippen molar-refractivity contribution in [3.8, 4) is 0 Å². The minimum absolute atomic E-state index is 0.416. The predicted octanol–water partition coefficient (Wildman–Crippen LogP) is 1.21. The molecule has 0 amide bonds. The van der Waals surface area contributed by atoms with E-state index < -0.39 is 10.2 Å². The van der Waals surface area contributed by atoms with Crippen LogP contribution in [0.2, 0.25) is 0 Å². The molecule has 128 valence electrons. The van der Waals surface area contributed by atoms with E-state index in [4.69, 9.17) is 4.74 Å². The first-order valence-corrected chi connectivity index (χ1v) is 9.33. The number of hydrogen-bond acceptors (Lipinski definition) is 4. The Bertz CT molecular complexity index is 334. The summed E-state index contributed by atoms with van der Waals surface area (Å²) in [5.74, 6) is 0.508. The van der Waals surface area contributed by atoms with Gasteiger partial charge in [-0.15, -0.1) is 0 Å². The van der Waals surface area contributed by atoms with Gasteiger partial charge in [0, 0.05) is 33.4 Å². The molecular weight excluding hydrogens is 290 g/mol. The topological polar surface area (TPSA) is 70.7 Å². The summed E-state index contributed by atoms with van der Waals surface area (Å²) in [5, 5.41) is 3.26. The maximum Gasteiger partial charge on any atom is 0.279 e. The quantitative estimate of drug-likeness (QED) is 0.471. The smallest absolute Gasteiger partial charge is 0.279 e. The molecule has 0 bridgehead atoms. The van der Waals surface area contributed by atoms with E-state index in [1.54, 1.807) is 7.05 Å². The Kier molecular flexibility index (Phi) is 12.2. The van der Waals surface area contributed by atoms with E-state index >= 15 is 0 Å². The Balaban J connectivity index is 3.70. The second kappa shape index (κ2) is 12.3. The summed E-state index contributed by atoms with van der Waals surface area (Å²) in [6.07, 6.45) is 2.60. The Hall–Kier alpha value is -0.210. The van der Waals surface area contributed by atoms with Crippen molar-refractivity contribution >= 4 is 10.2 Å². The average Bonchev–Trinajstić information content (AvgIpc) is 2.41. The first-order chi connectivity index (χ1) is 9.90. The molecule has 0 aromatic rings. The molecule has 0 radical (unpaired) electrons. The van der Waals surface area contributed by atoms with Gasteiger partial charge in [0.15, 0.2) is 0 Å². The lowest BCUT2D eigenvalue weighted by Crippen LogP contribution is -2.40. The normalized spacial score (nSPS) is 12.5. The third kappa shape index (κ3) is 12.1. The van der Waals surface area contributed by atoms with Crippen molar-refractivity contribution in [2.45, 2.75) is 40.0 Å². The molecule has 21 heavy (non-hydrogen) atoms. The zero-order valence-electron chi connectivity index (χ0n) is 14.0. The fourth-order valence-corrected chi connectivity index (χ4v) is 2.65. The van der Waals surface area contributed by atoms with Crippen LogP contribution in [-0.4, -0.2) is 59.2 Å². The van der Waals surface area contributed by atoms with Crippen molar-refractivity contribution < 1.29 is 13.2 Å². The lowest BCUT2D eigenvalue weighted by atomic mass is 10.2. The molecule has 0 saturated carbocycles. The Morgan fingerprint density at radius 3 is 2.48 bits per heavy atom. The maximum absolute atomic E-state index is 11.9. The Morgan fingerprint density at radius 1 is 1.14 bits per heavy atom. The Labute approximate surface area is 130 Å². The van der Waals surface area contributed by atoms with E-state index in [9.17, 15) is 8.42 Å². The molecule has 0 unspecified atom stereocenters. The number of ether oxygens (including phenoxy) is 1. The van der Waals surface area contributed by atoms with Crippen LogP contribution < -0.4 is 10.0 Å². The van der Waals surface area contributed by atoms with Gasteiger partial charge in [0.05, 0.1) is 0 Å². The highest BCUT2D eigenvalue weighted by Crippen LogP contribution is 1.97. The van der Waals surface area contributed by atoms with Crippen molar-refractivity contribution in [3.05, 3.63) is 0 Å². The zero-order valence-corrected chi connectivity index (χ0v) is 14.8. The lowest BCUT2D eigenvalue weighted by molar-refractivity contribution is 0.108. The summed E-state index contributed by atoms with van der Waals surface area (Å²) in [4.78, 5) is 0. The lowest BCUT2D eigenvalue weighted by Gasteiger charge is -2.17. The summed E-state index contributed by atoms with van der Waals surface area (Å²) in [5.41, 5.74) is 0. The molecular formula is C14H33N3O3S. The molecule has 7 heteroatoms.